The summed E-state index contributed by atoms with van der Waals surface area (Å²) in [7, 11) is 0. The molecule has 2 rings (SSSR count). The van der Waals surface area contributed by atoms with Crippen LogP contribution in [-0.2, 0) is 9.59 Å². The average Bonchev–Trinajstić information content (AvgIpc) is 2.55. The molecule has 0 radical (unpaired) electrons. The molecule has 126 valence electrons. The first-order chi connectivity index (χ1) is 11.1. The van der Waals surface area contributed by atoms with Crippen LogP contribution in [0.15, 0.2) is 24.3 Å². The van der Waals surface area contributed by atoms with E-state index in [1.165, 1.54) is 13.3 Å². The summed E-state index contributed by atoms with van der Waals surface area (Å²) in [4.78, 5) is 25.4. The van der Waals surface area contributed by atoms with Gasteiger partial charge in [-0.2, -0.15) is 0 Å². The van der Waals surface area contributed by atoms with Gasteiger partial charge in [-0.05, 0) is 49.9 Å². The highest BCUT2D eigenvalue weighted by Gasteiger charge is 2.24. The van der Waals surface area contributed by atoms with Gasteiger partial charge >= 0.3 is 0 Å². The van der Waals surface area contributed by atoms with Crippen LogP contribution >= 0.6 is 0 Å². The van der Waals surface area contributed by atoms with Gasteiger partial charge in [0.25, 0.3) is 0 Å². The van der Waals surface area contributed by atoms with E-state index in [0.29, 0.717) is 19.0 Å². The molecule has 0 aromatic heterocycles. The van der Waals surface area contributed by atoms with Crippen LogP contribution < -0.4 is 10.6 Å². The fourth-order valence-electron chi connectivity index (χ4n) is 3.09. The van der Waals surface area contributed by atoms with Crippen LogP contribution in [-0.4, -0.2) is 35.8 Å². The van der Waals surface area contributed by atoms with E-state index in [9.17, 15) is 9.59 Å². The van der Waals surface area contributed by atoms with Gasteiger partial charge < -0.3 is 15.5 Å². The van der Waals surface area contributed by atoms with E-state index < -0.39 is 0 Å². The number of likely N-dealkylation sites (tertiary alicyclic amines) is 1. The molecule has 5 heteroatoms. The molecule has 1 aliphatic rings. The Bertz CT molecular complexity index is 528. The highest BCUT2D eigenvalue weighted by Crippen LogP contribution is 2.20. The lowest BCUT2D eigenvalue weighted by Gasteiger charge is -2.35. The van der Waals surface area contributed by atoms with E-state index in [0.717, 1.165) is 37.2 Å². The lowest BCUT2D eigenvalue weighted by atomic mass is 9.99. The highest BCUT2D eigenvalue weighted by atomic mass is 16.2. The topological polar surface area (TPSA) is 61.4 Å². The maximum absolute atomic E-state index is 12.4. The number of benzene rings is 1. The first kappa shape index (κ1) is 17.3. The van der Waals surface area contributed by atoms with Crippen LogP contribution in [0.2, 0.25) is 0 Å². The van der Waals surface area contributed by atoms with Crippen LogP contribution in [0.5, 0.6) is 0 Å². The molecule has 2 N–H and O–H groups in total. The summed E-state index contributed by atoms with van der Waals surface area (Å²) in [6.07, 6.45) is 5.06. The van der Waals surface area contributed by atoms with Crippen molar-refractivity contribution in [3.05, 3.63) is 24.3 Å². The minimum atomic E-state index is -0.0803. The number of amides is 2. The van der Waals surface area contributed by atoms with Crippen molar-refractivity contribution in [3.8, 4) is 0 Å². The highest BCUT2D eigenvalue weighted by molar-refractivity contribution is 5.88. The third-order valence-electron chi connectivity index (χ3n) is 4.29. The van der Waals surface area contributed by atoms with Crippen LogP contribution in [0.4, 0.5) is 11.4 Å². The smallest absolute Gasteiger partial charge is 0.224 e. The zero-order chi connectivity index (χ0) is 16.7. The Hall–Kier alpha value is -2.04. The molecular weight excluding hydrogens is 290 g/mol. The van der Waals surface area contributed by atoms with Crippen LogP contribution in [0, 0.1) is 0 Å². The van der Waals surface area contributed by atoms with Gasteiger partial charge in [0, 0.05) is 43.9 Å². The summed E-state index contributed by atoms with van der Waals surface area (Å²) in [6, 6.07) is 7.94. The fraction of sp³-hybridized carbons (Fsp3) is 0.556. The minimum absolute atomic E-state index is 0.0803. The number of hydrogen-bond donors (Lipinski definition) is 2. The van der Waals surface area contributed by atoms with E-state index in [-0.39, 0.29) is 11.8 Å². The van der Waals surface area contributed by atoms with Crippen LogP contribution in [0.3, 0.4) is 0 Å². The van der Waals surface area contributed by atoms with Crippen molar-refractivity contribution >= 4 is 23.2 Å². The monoisotopic (exact) mass is 317 g/mol. The average molecular weight is 317 g/mol. The maximum atomic E-state index is 12.4. The summed E-state index contributed by atoms with van der Waals surface area (Å²) in [6.45, 7) is 5.18. The Balaban J connectivity index is 1.77. The fourth-order valence-corrected chi connectivity index (χ4v) is 3.09. The number of nitrogens with one attached hydrogen (secondary N) is 2. The number of carbonyl (C=O) groups excluding carboxylic acids is 2. The molecule has 23 heavy (non-hydrogen) atoms. The molecule has 1 aromatic carbocycles. The quantitative estimate of drug-likeness (QED) is 0.847. The number of piperidine rings is 1. The maximum Gasteiger partial charge on any atom is 0.224 e. The second-order valence-corrected chi connectivity index (χ2v) is 6.08. The molecule has 1 atom stereocenters. The molecule has 0 saturated carbocycles. The molecule has 0 spiro atoms. The Morgan fingerprint density at radius 2 is 1.87 bits per heavy atom. The van der Waals surface area contributed by atoms with E-state index in [1.54, 1.807) is 0 Å². The van der Waals surface area contributed by atoms with Gasteiger partial charge in [-0.15, -0.1) is 0 Å². The molecule has 1 unspecified atom stereocenters. The Labute approximate surface area is 138 Å². The Morgan fingerprint density at radius 3 is 2.52 bits per heavy atom. The van der Waals surface area contributed by atoms with Gasteiger partial charge in [0.1, 0.15) is 0 Å². The van der Waals surface area contributed by atoms with E-state index >= 15 is 0 Å². The summed E-state index contributed by atoms with van der Waals surface area (Å²) >= 11 is 0. The molecular formula is C18H27N3O2. The van der Waals surface area contributed by atoms with Gasteiger partial charge in [0.2, 0.25) is 11.8 Å². The van der Waals surface area contributed by atoms with Crippen molar-refractivity contribution in [2.75, 3.05) is 23.7 Å². The first-order valence-corrected chi connectivity index (χ1v) is 8.51. The van der Waals surface area contributed by atoms with Gasteiger partial charge in [0.05, 0.1) is 0 Å². The Kier molecular flexibility index (Phi) is 6.44. The van der Waals surface area contributed by atoms with Gasteiger partial charge in [0.15, 0.2) is 0 Å². The number of anilines is 2. The minimum Gasteiger partial charge on any atom is -0.385 e. The Morgan fingerprint density at radius 1 is 1.17 bits per heavy atom. The van der Waals surface area contributed by atoms with Gasteiger partial charge in [-0.3, -0.25) is 9.59 Å². The molecule has 0 aliphatic carbocycles. The predicted octanol–water partition coefficient (Wildman–Crippen LogP) is 3.24. The molecule has 2 amide bonds. The molecule has 1 aromatic rings. The lowest BCUT2D eigenvalue weighted by Crippen LogP contribution is -2.43. The third kappa shape index (κ3) is 5.27. The van der Waals surface area contributed by atoms with Crippen molar-refractivity contribution in [2.45, 2.75) is 52.0 Å². The van der Waals surface area contributed by atoms with Crippen molar-refractivity contribution in [2.24, 2.45) is 0 Å². The molecule has 5 nitrogen and oxygen atoms in total. The zero-order valence-electron chi connectivity index (χ0n) is 14.1. The standard InChI is InChI=1S/C18H27N3O2/c1-3-17-6-4-5-13-21(17)18(23)11-12-19-15-7-9-16(10-8-15)20-14(2)22/h7-10,17,19H,3-6,11-13H2,1-2H3,(H,20,22). The number of carbonyl (C=O) groups is 2. The lowest BCUT2D eigenvalue weighted by molar-refractivity contribution is -0.134. The number of nitrogens with zero attached hydrogens (tertiary/aromatic N) is 1. The van der Waals surface area contributed by atoms with E-state index in [1.807, 2.05) is 24.3 Å². The summed E-state index contributed by atoms with van der Waals surface area (Å²) in [5.41, 5.74) is 1.73. The first-order valence-electron chi connectivity index (χ1n) is 8.51. The van der Waals surface area contributed by atoms with Crippen molar-refractivity contribution < 1.29 is 9.59 Å². The SMILES string of the molecule is CCC1CCCCN1C(=O)CCNc1ccc(NC(C)=O)cc1. The normalized spacial score (nSPS) is 17.7. The number of hydrogen-bond acceptors (Lipinski definition) is 3. The van der Waals surface area contributed by atoms with Crippen molar-refractivity contribution in [1.82, 2.24) is 4.90 Å². The van der Waals surface area contributed by atoms with E-state index in [4.69, 9.17) is 0 Å². The van der Waals surface area contributed by atoms with E-state index in [2.05, 4.69) is 22.5 Å². The summed E-state index contributed by atoms with van der Waals surface area (Å²) in [5.74, 6) is 0.169. The zero-order valence-corrected chi connectivity index (χ0v) is 14.1. The molecule has 1 aliphatic heterocycles. The largest absolute Gasteiger partial charge is 0.385 e. The third-order valence-corrected chi connectivity index (χ3v) is 4.29. The van der Waals surface area contributed by atoms with Gasteiger partial charge in [-0.25, -0.2) is 0 Å². The molecule has 1 heterocycles. The molecule has 0 bridgehead atoms. The van der Waals surface area contributed by atoms with Gasteiger partial charge in [-0.1, -0.05) is 6.92 Å². The molecule has 1 fully saturated rings. The molecule has 1 saturated heterocycles. The second kappa shape index (κ2) is 8.56. The van der Waals surface area contributed by atoms with Crippen LogP contribution in [0.25, 0.3) is 0 Å². The van der Waals surface area contributed by atoms with Crippen molar-refractivity contribution in [1.29, 1.82) is 0 Å². The van der Waals surface area contributed by atoms with Crippen LogP contribution in [0.1, 0.15) is 46.0 Å². The number of rotatable bonds is 6. The predicted molar refractivity (Wildman–Crippen MR) is 93.5 cm³/mol. The second-order valence-electron chi connectivity index (χ2n) is 6.08. The van der Waals surface area contributed by atoms with Crippen molar-refractivity contribution in [3.63, 3.8) is 0 Å². The summed E-state index contributed by atoms with van der Waals surface area (Å²) in [5, 5.41) is 6.00. The summed E-state index contributed by atoms with van der Waals surface area (Å²) < 4.78 is 0.